The Hall–Kier alpha value is -0.585. The van der Waals surface area contributed by atoms with Gasteiger partial charge in [-0.3, -0.25) is 0 Å². The molecule has 0 spiro atoms. The van der Waals surface area contributed by atoms with E-state index in [0.29, 0.717) is 19.0 Å². The highest BCUT2D eigenvalue weighted by Crippen LogP contribution is 2.30. The molecule has 0 aliphatic carbocycles. The van der Waals surface area contributed by atoms with Crippen molar-refractivity contribution >= 4 is 23.5 Å². The van der Waals surface area contributed by atoms with E-state index in [0.717, 1.165) is 19.3 Å². The Morgan fingerprint density at radius 2 is 0.722 bits per heavy atom. The summed E-state index contributed by atoms with van der Waals surface area (Å²) in [7, 11) is 17.9. The molecule has 1 aromatic carbocycles. The molecule has 6 radical (unpaired) electrons. The van der Waals surface area contributed by atoms with Crippen LogP contribution in [0.1, 0.15) is 54.2 Å². The van der Waals surface area contributed by atoms with Gasteiger partial charge in [-0.2, -0.15) is 0 Å². The normalized spacial score (nSPS) is 10.8. The quantitative estimate of drug-likeness (QED) is 0.662. The molecule has 0 saturated carbocycles. The first kappa shape index (κ1) is 15.5. The van der Waals surface area contributed by atoms with Gasteiger partial charge in [-0.15, -0.1) is 0 Å². The summed E-state index contributed by atoms with van der Waals surface area (Å²) in [5.74, 6) is 0. The maximum absolute atomic E-state index is 5.96. The second-order valence-electron chi connectivity index (χ2n) is 4.54. The van der Waals surface area contributed by atoms with Gasteiger partial charge in [0.2, 0.25) is 0 Å². The fourth-order valence-electron chi connectivity index (χ4n) is 3.11. The highest BCUT2D eigenvalue weighted by atomic mass is 14.2. The molecule has 18 heavy (non-hydrogen) atoms. The predicted octanol–water partition coefficient (Wildman–Crippen LogP) is 2.38. The molecule has 3 heteroatoms. The molecule has 0 aliphatic heterocycles. The van der Waals surface area contributed by atoms with Crippen molar-refractivity contribution in [2.24, 2.45) is 0 Å². The molecule has 90 valence electrons. The minimum absolute atomic E-state index is 0.580. The standard InChI is InChI=1S/C15H21B3/c1-4-10-13(7-16)11(5-2)15(9-18)12(6-3)14(10)8-17/h4-9H2,1-3H3. The third-order valence-electron chi connectivity index (χ3n) is 3.86. The lowest BCUT2D eigenvalue weighted by Gasteiger charge is -2.25. The van der Waals surface area contributed by atoms with E-state index in [-0.39, 0.29) is 0 Å². The van der Waals surface area contributed by atoms with E-state index < -0.39 is 0 Å². The Bertz CT molecular complexity index is 290. The number of hydrogen-bond donors (Lipinski definition) is 0. The first-order chi connectivity index (χ1) is 8.69. The van der Waals surface area contributed by atoms with E-state index in [9.17, 15) is 0 Å². The van der Waals surface area contributed by atoms with Gasteiger partial charge >= 0.3 is 0 Å². The van der Waals surface area contributed by atoms with E-state index in [4.69, 9.17) is 23.5 Å². The third kappa shape index (κ3) is 2.55. The van der Waals surface area contributed by atoms with Crippen LogP contribution < -0.4 is 0 Å². The van der Waals surface area contributed by atoms with Crippen molar-refractivity contribution in [2.45, 2.75) is 59.0 Å². The molecular formula is C15H21B3. The molecule has 0 saturated heterocycles. The minimum atomic E-state index is 0.580. The number of rotatable bonds is 6. The summed E-state index contributed by atoms with van der Waals surface area (Å²) in [5, 5.41) is 0. The van der Waals surface area contributed by atoms with E-state index in [1.54, 1.807) is 0 Å². The second-order valence-corrected chi connectivity index (χ2v) is 4.54. The van der Waals surface area contributed by atoms with Crippen LogP contribution in [-0.4, -0.2) is 23.5 Å². The largest absolute Gasteiger partial charge is 0.0716 e. The van der Waals surface area contributed by atoms with Crippen LogP contribution in [0.5, 0.6) is 0 Å². The molecule has 0 amide bonds. The number of hydrogen-bond acceptors (Lipinski definition) is 0. The van der Waals surface area contributed by atoms with Crippen LogP contribution in [0.4, 0.5) is 0 Å². The summed E-state index contributed by atoms with van der Waals surface area (Å²) in [6.07, 6.45) is 4.71. The van der Waals surface area contributed by atoms with Gasteiger partial charge in [0.15, 0.2) is 0 Å². The molecular weight excluding hydrogens is 213 g/mol. The molecule has 0 nitrogen and oxygen atoms in total. The van der Waals surface area contributed by atoms with Crippen molar-refractivity contribution in [3.8, 4) is 0 Å². The van der Waals surface area contributed by atoms with E-state index in [2.05, 4.69) is 20.8 Å². The average Bonchev–Trinajstić information content (AvgIpc) is 2.43. The van der Waals surface area contributed by atoms with Gasteiger partial charge in [-0.05, 0) is 52.6 Å². The van der Waals surface area contributed by atoms with Gasteiger partial charge < -0.3 is 0 Å². The maximum Gasteiger partial charge on any atom is 0.0716 e. The van der Waals surface area contributed by atoms with Crippen LogP contribution in [0, 0.1) is 0 Å². The Labute approximate surface area is 116 Å². The molecule has 0 aromatic heterocycles. The van der Waals surface area contributed by atoms with Crippen molar-refractivity contribution in [1.82, 2.24) is 0 Å². The molecule has 1 rings (SSSR count). The Kier molecular flexibility index (Phi) is 6.12. The van der Waals surface area contributed by atoms with Gasteiger partial charge in [0, 0.05) is 0 Å². The van der Waals surface area contributed by atoms with Crippen LogP contribution in [0.3, 0.4) is 0 Å². The zero-order valence-corrected chi connectivity index (χ0v) is 12.0. The molecule has 0 unspecified atom stereocenters. The summed E-state index contributed by atoms with van der Waals surface area (Å²) in [5.41, 5.74) is 7.89. The average molecular weight is 234 g/mol. The SMILES string of the molecule is [B]Cc1c(CC)c(C[B])c(CC)c(C[B])c1CC. The highest BCUT2D eigenvalue weighted by molar-refractivity contribution is 6.10. The molecule has 0 atom stereocenters. The molecule has 0 heterocycles. The first-order valence-electron chi connectivity index (χ1n) is 6.97. The summed E-state index contributed by atoms with van der Waals surface area (Å²) >= 11 is 0. The van der Waals surface area contributed by atoms with Crippen LogP contribution in [0.2, 0.25) is 0 Å². The summed E-state index contributed by atoms with van der Waals surface area (Å²) in [6, 6.07) is 0. The van der Waals surface area contributed by atoms with Crippen molar-refractivity contribution in [3.63, 3.8) is 0 Å². The van der Waals surface area contributed by atoms with Gasteiger partial charge in [0.25, 0.3) is 0 Å². The lowest BCUT2D eigenvalue weighted by Crippen LogP contribution is -2.13. The Balaban J connectivity index is 3.71. The highest BCUT2D eigenvalue weighted by Gasteiger charge is 2.17. The zero-order chi connectivity index (χ0) is 13.7. The van der Waals surface area contributed by atoms with E-state index >= 15 is 0 Å². The lowest BCUT2D eigenvalue weighted by atomic mass is 9.73. The molecule has 0 fully saturated rings. The van der Waals surface area contributed by atoms with Crippen LogP contribution in [-0.2, 0) is 38.2 Å². The topological polar surface area (TPSA) is 0 Å². The Morgan fingerprint density at radius 1 is 0.500 bits per heavy atom. The first-order valence-corrected chi connectivity index (χ1v) is 6.97. The van der Waals surface area contributed by atoms with Crippen molar-refractivity contribution in [3.05, 3.63) is 33.4 Å². The van der Waals surface area contributed by atoms with Crippen LogP contribution >= 0.6 is 0 Å². The molecule has 0 N–H and O–H groups in total. The fraction of sp³-hybridized carbons (Fsp3) is 0.600. The van der Waals surface area contributed by atoms with Crippen molar-refractivity contribution < 1.29 is 0 Å². The van der Waals surface area contributed by atoms with Crippen LogP contribution in [0.25, 0.3) is 0 Å². The summed E-state index contributed by atoms with van der Waals surface area (Å²) in [6.45, 7) is 6.53. The van der Waals surface area contributed by atoms with Gasteiger partial charge in [0.05, 0.1) is 23.5 Å². The van der Waals surface area contributed by atoms with E-state index in [1.165, 1.54) is 33.4 Å². The lowest BCUT2D eigenvalue weighted by molar-refractivity contribution is 0.942. The predicted molar refractivity (Wildman–Crippen MR) is 83.0 cm³/mol. The smallest absolute Gasteiger partial charge is 0.0638 e. The monoisotopic (exact) mass is 234 g/mol. The van der Waals surface area contributed by atoms with Gasteiger partial charge in [-0.25, -0.2) is 0 Å². The summed E-state index contributed by atoms with van der Waals surface area (Å²) in [4.78, 5) is 0. The Morgan fingerprint density at radius 3 is 0.833 bits per heavy atom. The van der Waals surface area contributed by atoms with Crippen molar-refractivity contribution in [1.29, 1.82) is 0 Å². The minimum Gasteiger partial charge on any atom is -0.0638 e. The van der Waals surface area contributed by atoms with Gasteiger partial charge in [0.1, 0.15) is 0 Å². The summed E-state index contributed by atoms with van der Waals surface area (Å²) < 4.78 is 0. The fourth-order valence-corrected chi connectivity index (χ4v) is 3.11. The molecule has 1 aromatic rings. The van der Waals surface area contributed by atoms with Gasteiger partial charge in [-0.1, -0.05) is 39.7 Å². The van der Waals surface area contributed by atoms with E-state index in [1.807, 2.05) is 0 Å². The second kappa shape index (κ2) is 7.11. The molecule has 0 bridgehead atoms. The number of benzene rings is 1. The van der Waals surface area contributed by atoms with Crippen LogP contribution in [0.15, 0.2) is 0 Å². The maximum atomic E-state index is 5.96. The van der Waals surface area contributed by atoms with Crippen molar-refractivity contribution in [2.75, 3.05) is 0 Å². The zero-order valence-electron chi connectivity index (χ0n) is 12.0. The molecule has 0 aliphatic rings. The third-order valence-corrected chi connectivity index (χ3v) is 3.86.